The monoisotopic (exact) mass is 702 g/mol. The van der Waals surface area contributed by atoms with E-state index in [9.17, 15) is 28.2 Å². The Kier molecular flexibility index (Phi) is 15.4. The zero-order valence-corrected chi connectivity index (χ0v) is 30.4. The molecule has 1 aromatic carbocycles. The Morgan fingerprint density at radius 2 is 1.69 bits per heavy atom. The van der Waals surface area contributed by atoms with Crippen molar-refractivity contribution >= 4 is 21.8 Å². The van der Waals surface area contributed by atoms with Crippen molar-refractivity contribution < 1.29 is 33.0 Å². The van der Waals surface area contributed by atoms with Gasteiger partial charge in [0.1, 0.15) is 18.1 Å². The summed E-state index contributed by atoms with van der Waals surface area (Å²) >= 11 is 0. The fourth-order valence-electron chi connectivity index (χ4n) is 7.00. The van der Waals surface area contributed by atoms with Gasteiger partial charge in [0.05, 0.1) is 37.0 Å². The number of sulfonamides is 1. The molecule has 0 aromatic heterocycles. The molecule has 11 nitrogen and oxygen atoms in total. The normalized spacial score (nSPS) is 20.6. The summed E-state index contributed by atoms with van der Waals surface area (Å²) < 4.78 is 33.9. The minimum absolute atomic E-state index is 0.157. The lowest BCUT2D eigenvalue weighted by atomic mass is 9.82. The Hall–Kier alpha value is -2.53. The van der Waals surface area contributed by atoms with E-state index in [-0.39, 0.29) is 12.3 Å². The average Bonchev–Trinajstić information content (AvgIpc) is 3.92. The molecule has 0 spiro atoms. The van der Waals surface area contributed by atoms with Crippen molar-refractivity contribution in [3.63, 3.8) is 0 Å². The van der Waals surface area contributed by atoms with Gasteiger partial charge in [-0.2, -0.15) is 0 Å². The second kappa shape index (κ2) is 19.2. The summed E-state index contributed by atoms with van der Waals surface area (Å²) in [6, 6.07) is 7.49. The molecule has 0 bridgehead atoms. The number of hydrogen-bond donors (Lipinski definition) is 4. The highest BCUT2D eigenvalue weighted by molar-refractivity contribution is 7.89. The SMILES string of the molecule is CC(C)C[C@H](O)[C@H](O)[C@H](CC1CCCCC1)NC(=O)[C@@H](NC(=O)C(Cc1ccccc1)CS(=O)(=O)N(C)CCCN1CCOCC1)C1C#C1. The van der Waals surface area contributed by atoms with E-state index in [1.807, 2.05) is 44.2 Å². The first-order valence-electron chi connectivity index (χ1n) is 18.2. The van der Waals surface area contributed by atoms with Crippen molar-refractivity contribution in [2.75, 3.05) is 52.2 Å². The van der Waals surface area contributed by atoms with Gasteiger partial charge >= 0.3 is 0 Å². The van der Waals surface area contributed by atoms with Crippen LogP contribution >= 0.6 is 0 Å². The molecule has 5 atom stereocenters. The lowest BCUT2D eigenvalue weighted by Gasteiger charge is -2.33. The number of rotatable bonds is 20. The molecule has 0 radical (unpaired) electrons. The van der Waals surface area contributed by atoms with Crippen molar-refractivity contribution in [2.45, 2.75) is 95.9 Å². The molecule has 3 aliphatic rings. The van der Waals surface area contributed by atoms with E-state index in [0.29, 0.717) is 44.9 Å². The molecular weight excluding hydrogens is 644 g/mol. The maximum Gasteiger partial charge on any atom is 0.245 e. The average molecular weight is 703 g/mol. The number of aliphatic hydroxyl groups is 2. The van der Waals surface area contributed by atoms with Gasteiger partial charge in [0.2, 0.25) is 21.8 Å². The van der Waals surface area contributed by atoms with Crippen molar-refractivity contribution in [3.05, 3.63) is 35.9 Å². The van der Waals surface area contributed by atoms with E-state index in [1.165, 1.54) is 10.7 Å². The third-order valence-electron chi connectivity index (χ3n) is 10.0. The Labute approximate surface area is 293 Å². The van der Waals surface area contributed by atoms with Crippen LogP contribution in [0.15, 0.2) is 30.3 Å². The highest BCUT2D eigenvalue weighted by atomic mass is 32.2. The molecule has 1 saturated carbocycles. The van der Waals surface area contributed by atoms with Crippen molar-refractivity contribution in [2.24, 2.45) is 23.7 Å². The number of aliphatic hydroxyl groups excluding tert-OH is 2. The van der Waals surface area contributed by atoms with Crippen LogP contribution in [0.25, 0.3) is 0 Å². The summed E-state index contributed by atoms with van der Waals surface area (Å²) in [7, 11) is -2.27. The molecule has 1 heterocycles. The van der Waals surface area contributed by atoms with Crippen molar-refractivity contribution in [3.8, 4) is 11.8 Å². The van der Waals surface area contributed by atoms with E-state index in [4.69, 9.17) is 4.74 Å². The summed E-state index contributed by atoms with van der Waals surface area (Å²) in [6.45, 7) is 8.04. The predicted molar refractivity (Wildman–Crippen MR) is 190 cm³/mol. The minimum atomic E-state index is -3.82. The lowest BCUT2D eigenvalue weighted by Crippen LogP contribution is -2.57. The van der Waals surface area contributed by atoms with Crippen LogP contribution in [-0.2, 0) is 30.8 Å². The summed E-state index contributed by atoms with van der Waals surface area (Å²) in [5, 5.41) is 27.9. The molecule has 2 aliphatic carbocycles. The number of nitrogens with one attached hydrogen (secondary N) is 2. The third kappa shape index (κ3) is 12.9. The molecule has 1 aliphatic heterocycles. The molecule has 1 saturated heterocycles. The number of carbonyl (C=O) groups is 2. The summed E-state index contributed by atoms with van der Waals surface area (Å²) in [6.07, 6.45) is 4.95. The number of carbonyl (C=O) groups excluding carboxylic acids is 2. The maximum absolute atomic E-state index is 13.9. The number of morpholine rings is 1. The number of ether oxygens (including phenoxy) is 1. The minimum Gasteiger partial charge on any atom is -0.390 e. The second-order valence-electron chi connectivity index (χ2n) is 14.6. The van der Waals surface area contributed by atoms with Crippen molar-refractivity contribution in [1.82, 2.24) is 19.8 Å². The fourth-order valence-corrected chi connectivity index (χ4v) is 8.44. The summed E-state index contributed by atoms with van der Waals surface area (Å²) in [5.74, 6) is 3.26. The van der Waals surface area contributed by atoms with Crippen LogP contribution < -0.4 is 10.6 Å². The van der Waals surface area contributed by atoms with Gasteiger partial charge in [-0.05, 0) is 49.6 Å². The summed E-state index contributed by atoms with van der Waals surface area (Å²) in [4.78, 5) is 30.0. The molecule has 274 valence electrons. The van der Waals surface area contributed by atoms with E-state index >= 15 is 0 Å². The molecule has 4 rings (SSSR count). The fraction of sp³-hybridized carbons (Fsp3) is 0.730. The third-order valence-corrected chi connectivity index (χ3v) is 12.0. The highest BCUT2D eigenvalue weighted by Crippen LogP contribution is 2.29. The summed E-state index contributed by atoms with van der Waals surface area (Å²) in [5.41, 5.74) is 0.811. The molecule has 2 amide bonds. The van der Waals surface area contributed by atoms with E-state index in [2.05, 4.69) is 27.4 Å². The first-order chi connectivity index (χ1) is 23.4. The smallest absolute Gasteiger partial charge is 0.245 e. The quantitative estimate of drug-likeness (QED) is 0.151. The van der Waals surface area contributed by atoms with Crippen molar-refractivity contribution in [1.29, 1.82) is 0 Å². The molecule has 1 unspecified atom stereocenters. The number of hydrogen-bond acceptors (Lipinski definition) is 8. The van der Waals surface area contributed by atoms with Gasteiger partial charge in [0, 0.05) is 26.7 Å². The number of amides is 2. The van der Waals surface area contributed by atoms with Crippen LogP contribution in [0, 0.1) is 35.5 Å². The Balaban J connectivity index is 1.44. The first-order valence-corrected chi connectivity index (χ1v) is 19.8. The molecule has 4 N–H and O–H groups in total. The molecular formula is C37H58N4O7S. The van der Waals surface area contributed by atoms with E-state index in [0.717, 1.165) is 50.9 Å². The standard InChI is InChI=1S/C37H58N4O7S/c1-27(2)23-33(42)35(43)32(25-29-13-8-5-9-14-29)38-37(45)34(30-15-16-30)39-36(44)31(24-28-11-6-4-7-12-28)26-49(46,47)40(3)17-10-18-41-19-21-48-22-20-41/h4,6-7,11-12,27,29-35,42-43H,5,8-10,13-14,17-26H2,1-3H3,(H,38,45)(H,39,44)/t31?,32-,33-,34-,35+/m0/s1. The van der Waals surface area contributed by atoms with Gasteiger partial charge < -0.3 is 25.6 Å². The zero-order valence-electron chi connectivity index (χ0n) is 29.6. The Morgan fingerprint density at radius 3 is 2.33 bits per heavy atom. The van der Waals surface area contributed by atoms with Crippen LogP contribution in [-0.4, -0.2) is 116 Å². The topological polar surface area (TPSA) is 149 Å². The van der Waals surface area contributed by atoms with Crippen LogP contribution in [0.3, 0.4) is 0 Å². The predicted octanol–water partition coefficient (Wildman–Crippen LogP) is 2.17. The molecule has 12 heteroatoms. The van der Waals surface area contributed by atoms with Gasteiger partial charge in [-0.3, -0.25) is 14.5 Å². The van der Waals surface area contributed by atoms with Gasteiger partial charge in [-0.15, -0.1) is 0 Å². The second-order valence-corrected chi connectivity index (χ2v) is 16.7. The number of nitrogens with zero attached hydrogens (tertiary/aromatic N) is 2. The molecule has 2 fully saturated rings. The lowest BCUT2D eigenvalue weighted by molar-refractivity contribution is -0.132. The zero-order chi connectivity index (χ0) is 35.4. The largest absolute Gasteiger partial charge is 0.390 e. The van der Waals surface area contributed by atoms with Gasteiger partial charge in [0.25, 0.3) is 0 Å². The van der Waals surface area contributed by atoms with Crippen LogP contribution in [0.2, 0.25) is 0 Å². The maximum atomic E-state index is 13.9. The van der Waals surface area contributed by atoms with Crippen LogP contribution in [0.4, 0.5) is 0 Å². The first kappa shape index (κ1) is 39.3. The van der Waals surface area contributed by atoms with E-state index in [1.54, 1.807) is 7.05 Å². The highest BCUT2D eigenvalue weighted by Gasteiger charge is 2.39. The Morgan fingerprint density at radius 1 is 1.02 bits per heavy atom. The van der Waals surface area contributed by atoms with Crippen LogP contribution in [0.1, 0.15) is 70.8 Å². The van der Waals surface area contributed by atoms with Gasteiger partial charge in [-0.25, -0.2) is 12.7 Å². The molecule has 49 heavy (non-hydrogen) atoms. The number of benzene rings is 1. The molecule has 1 aromatic rings. The van der Waals surface area contributed by atoms with Gasteiger partial charge in [0.15, 0.2) is 0 Å². The van der Waals surface area contributed by atoms with Gasteiger partial charge in [-0.1, -0.05) is 88.1 Å². The van der Waals surface area contributed by atoms with E-state index < -0.39 is 63.7 Å². The Bertz CT molecular complexity index is 1350. The van der Waals surface area contributed by atoms with Crippen LogP contribution in [0.5, 0.6) is 0 Å².